The fraction of sp³-hybridized carbons (Fsp3) is 0.692. The van der Waals surface area contributed by atoms with Crippen LogP contribution >= 0.6 is 11.3 Å². The van der Waals surface area contributed by atoms with Gasteiger partial charge in [-0.2, -0.15) is 0 Å². The first-order valence-corrected chi connectivity index (χ1v) is 7.22. The quantitative estimate of drug-likeness (QED) is 0.848. The Morgan fingerprint density at radius 2 is 2.38 bits per heavy atom. The molecule has 1 aromatic rings. The summed E-state index contributed by atoms with van der Waals surface area (Å²) in [5.41, 5.74) is 1.59. The molecular weight excluding hydrogens is 216 g/mol. The summed E-state index contributed by atoms with van der Waals surface area (Å²) in [5, 5.41) is 6.11. The molecule has 1 aliphatic heterocycles. The molecule has 2 heterocycles. The lowest BCUT2D eigenvalue weighted by Gasteiger charge is -2.27. The molecule has 3 heteroatoms. The minimum atomic E-state index is 0.631. The third kappa shape index (κ3) is 2.04. The van der Waals surface area contributed by atoms with Crippen LogP contribution in [0.2, 0.25) is 0 Å². The minimum absolute atomic E-state index is 0.631. The molecule has 2 atom stereocenters. The van der Waals surface area contributed by atoms with Gasteiger partial charge in [-0.05, 0) is 56.3 Å². The van der Waals surface area contributed by atoms with Crippen molar-refractivity contribution < 1.29 is 0 Å². The van der Waals surface area contributed by atoms with Gasteiger partial charge >= 0.3 is 0 Å². The predicted octanol–water partition coefficient (Wildman–Crippen LogP) is 2.42. The molecule has 2 aliphatic rings. The number of fused-ring (bicyclic) bond motifs is 1. The van der Waals surface area contributed by atoms with Gasteiger partial charge in [-0.25, -0.2) is 0 Å². The lowest BCUT2D eigenvalue weighted by molar-refractivity contribution is 0.367. The minimum Gasteiger partial charge on any atom is -0.306 e. The molecular formula is C13H20N2S. The molecule has 0 saturated carbocycles. The van der Waals surface area contributed by atoms with E-state index in [9.17, 15) is 0 Å². The third-order valence-electron chi connectivity index (χ3n) is 3.88. The van der Waals surface area contributed by atoms with E-state index in [1.54, 1.807) is 10.4 Å². The molecule has 0 bridgehead atoms. The first-order chi connectivity index (χ1) is 7.83. The summed E-state index contributed by atoms with van der Waals surface area (Å²) in [6, 6.07) is 3.67. The van der Waals surface area contributed by atoms with Crippen molar-refractivity contribution in [2.75, 3.05) is 20.1 Å². The summed E-state index contributed by atoms with van der Waals surface area (Å²) in [4.78, 5) is 4.05. The van der Waals surface area contributed by atoms with Crippen molar-refractivity contribution in [2.24, 2.45) is 0 Å². The molecule has 0 spiro atoms. The molecule has 0 radical (unpaired) electrons. The fourth-order valence-corrected chi connectivity index (χ4v) is 4.00. The van der Waals surface area contributed by atoms with E-state index in [1.165, 1.54) is 38.8 Å². The van der Waals surface area contributed by atoms with E-state index < -0.39 is 0 Å². The average Bonchev–Trinajstić information content (AvgIpc) is 2.87. The highest BCUT2D eigenvalue weighted by molar-refractivity contribution is 7.10. The van der Waals surface area contributed by atoms with Gasteiger partial charge in [-0.3, -0.25) is 0 Å². The number of likely N-dealkylation sites (tertiary alicyclic amines) is 1. The molecule has 0 aromatic carbocycles. The van der Waals surface area contributed by atoms with Crippen LogP contribution in [0.1, 0.15) is 35.7 Å². The predicted molar refractivity (Wildman–Crippen MR) is 69.0 cm³/mol. The second kappa shape index (κ2) is 4.47. The smallest absolute Gasteiger partial charge is 0.0334 e. The van der Waals surface area contributed by atoms with E-state index in [2.05, 4.69) is 28.7 Å². The normalized spacial score (nSPS) is 30.6. The van der Waals surface area contributed by atoms with Crippen molar-refractivity contribution >= 4 is 11.3 Å². The summed E-state index contributed by atoms with van der Waals surface area (Å²) in [6.45, 7) is 2.47. The zero-order valence-corrected chi connectivity index (χ0v) is 10.7. The van der Waals surface area contributed by atoms with Crippen LogP contribution in [0.3, 0.4) is 0 Å². The number of nitrogens with one attached hydrogen (secondary N) is 1. The van der Waals surface area contributed by atoms with Gasteiger partial charge in [-0.15, -0.1) is 11.3 Å². The standard InChI is InChI=1S/C13H20N2S/c1-15-7-5-10(9-15)14-12-3-2-4-13-11(12)6-8-16-13/h6,8,10,12,14H,2-5,7,9H2,1H3. The van der Waals surface area contributed by atoms with Gasteiger partial charge in [0, 0.05) is 23.5 Å². The third-order valence-corrected chi connectivity index (χ3v) is 4.88. The van der Waals surface area contributed by atoms with E-state index in [0.717, 1.165) is 0 Å². The highest BCUT2D eigenvalue weighted by Crippen LogP contribution is 2.33. The largest absolute Gasteiger partial charge is 0.306 e. The molecule has 16 heavy (non-hydrogen) atoms. The molecule has 1 saturated heterocycles. The van der Waals surface area contributed by atoms with Crippen molar-refractivity contribution in [3.05, 3.63) is 21.9 Å². The zero-order valence-electron chi connectivity index (χ0n) is 9.91. The van der Waals surface area contributed by atoms with Crippen molar-refractivity contribution in [1.82, 2.24) is 10.2 Å². The number of nitrogens with zero attached hydrogens (tertiary/aromatic N) is 1. The summed E-state index contributed by atoms with van der Waals surface area (Å²) < 4.78 is 0. The molecule has 1 aliphatic carbocycles. The van der Waals surface area contributed by atoms with Gasteiger partial charge in [-0.1, -0.05) is 0 Å². The van der Waals surface area contributed by atoms with Crippen molar-refractivity contribution in [1.29, 1.82) is 0 Å². The van der Waals surface area contributed by atoms with E-state index >= 15 is 0 Å². The summed E-state index contributed by atoms with van der Waals surface area (Å²) in [7, 11) is 2.22. The van der Waals surface area contributed by atoms with Crippen molar-refractivity contribution in [3.63, 3.8) is 0 Å². The van der Waals surface area contributed by atoms with Crippen LogP contribution in [-0.2, 0) is 6.42 Å². The SMILES string of the molecule is CN1CCC(NC2CCCc3sccc32)C1. The van der Waals surface area contributed by atoms with E-state index in [1.807, 2.05) is 11.3 Å². The average molecular weight is 236 g/mol. The van der Waals surface area contributed by atoms with Crippen LogP contribution in [0.15, 0.2) is 11.4 Å². The molecule has 2 nitrogen and oxygen atoms in total. The van der Waals surface area contributed by atoms with Gasteiger partial charge in [0.2, 0.25) is 0 Å². The molecule has 0 amide bonds. The maximum Gasteiger partial charge on any atom is 0.0334 e. The van der Waals surface area contributed by atoms with E-state index in [-0.39, 0.29) is 0 Å². The van der Waals surface area contributed by atoms with Crippen LogP contribution in [0.25, 0.3) is 0 Å². The second-order valence-electron chi connectivity index (χ2n) is 5.16. The van der Waals surface area contributed by atoms with Crippen LogP contribution < -0.4 is 5.32 Å². The van der Waals surface area contributed by atoms with Crippen LogP contribution in [0, 0.1) is 0 Å². The Balaban J connectivity index is 1.68. The molecule has 2 unspecified atom stereocenters. The number of aryl methyl sites for hydroxylation is 1. The Morgan fingerprint density at radius 1 is 1.44 bits per heavy atom. The molecule has 1 aromatic heterocycles. The number of thiophene rings is 1. The lowest BCUT2D eigenvalue weighted by Crippen LogP contribution is -2.35. The number of hydrogen-bond donors (Lipinski definition) is 1. The molecule has 3 rings (SSSR count). The van der Waals surface area contributed by atoms with Crippen LogP contribution in [0.4, 0.5) is 0 Å². The van der Waals surface area contributed by atoms with Crippen molar-refractivity contribution in [2.45, 2.75) is 37.8 Å². The van der Waals surface area contributed by atoms with Gasteiger partial charge < -0.3 is 10.2 Å². The molecule has 1 fully saturated rings. The van der Waals surface area contributed by atoms with Gasteiger partial charge in [0.1, 0.15) is 0 Å². The maximum absolute atomic E-state index is 3.86. The second-order valence-corrected chi connectivity index (χ2v) is 6.16. The number of hydrogen-bond acceptors (Lipinski definition) is 3. The van der Waals surface area contributed by atoms with Crippen LogP contribution in [-0.4, -0.2) is 31.1 Å². The highest BCUT2D eigenvalue weighted by Gasteiger charge is 2.26. The fourth-order valence-electron chi connectivity index (χ4n) is 3.02. The Kier molecular flexibility index (Phi) is 3.01. The molecule has 1 N–H and O–H groups in total. The number of likely N-dealkylation sites (N-methyl/N-ethyl adjacent to an activating group) is 1. The van der Waals surface area contributed by atoms with E-state index in [0.29, 0.717) is 12.1 Å². The zero-order chi connectivity index (χ0) is 11.0. The Hall–Kier alpha value is -0.380. The molecule has 88 valence electrons. The number of rotatable bonds is 2. The Labute approximate surface area is 102 Å². The maximum atomic E-state index is 3.86. The first-order valence-electron chi connectivity index (χ1n) is 6.34. The van der Waals surface area contributed by atoms with E-state index in [4.69, 9.17) is 0 Å². The summed E-state index contributed by atoms with van der Waals surface area (Å²) >= 11 is 1.94. The van der Waals surface area contributed by atoms with Gasteiger partial charge in [0.25, 0.3) is 0 Å². The Morgan fingerprint density at radius 3 is 3.19 bits per heavy atom. The monoisotopic (exact) mass is 236 g/mol. The van der Waals surface area contributed by atoms with Gasteiger partial charge in [0.05, 0.1) is 0 Å². The van der Waals surface area contributed by atoms with Crippen molar-refractivity contribution in [3.8, 4) is 0 Å². The first kappa shape index (κ1) is 10.8. The summed E-state index contributed by atoms with van der Waals surface area (Å²) in [5.74, 6) is 0. The van der Waals surface area contributed by atoms with Gasteiger partial charge in [0.15, 0.2) is 0 Å². The topological polar surface area (TPSA) is 15.3 Å². The Bertz CT molecular complexity index is 361. The summed E-state index contributed by atoms with van der Waals surface area (Å²) in [6.07, 6.45) is 5.29. The lowest BCUT2D eigenvalue weighted by atomic mass is 9.93. The van der Waals surface area contributed by atoms with Crippen LogP contribution in [0.5, 0.6) is 0 Å². The highest BCUT2D eigenvalue weighted by atomic mass is 32.1.